The third-order valence-corrected chi connectivity index (χ3v) is 2.70. The Morgan fingerprint density at radius 2 is 1.94 bits per heavy atom. The Bertz CT molecular complexity index is 352. The second kappa shape index (κ2) is 4.96. The number of halogens is 1. The highest BCUT2D eigenvalue weighted by Crippen LogP contribution is 2.18. The molecule has 0 amide bonds. The monoisotopic (exact) mass is 223 g/mol. The SMILES string of the molecule is Cc1ccc(C(C)CNC(C)(C)C)cc1F. The van der Waals surface area contributed by atoms with E-state index in [-0.39, 0.29) is 11.4 Å². The van der Waals surface area contributed by atoms with Crippen molar-refractivity contribution in [2.75, 3.05) is 6.54 Å². The summed E-state index contributed by atoms with van der Waals surface area (Å²) in [5.41, 5.74) is 1.87. The topological polar surface area (TPSA) is 12.0 Å². The number of hydrogen-bond donors (Lipinski definition) is 1. The fraction of sp³-hybridized carbons (Fsp3) is 0.571. The Kier molecular flexibility index (Phi) is 4.09. The minimum atomic E-state index is -0.111. The van der Waals surface area contributed by atoms with E-state index in [4.69, 9.17) is 0 Å². The van der Waals surface area contributed by atoms with Gasteiger partial charge in [0.1, 0.15) is 5.82 Å². The highest BCUT2D eigenvalue weighted by molar-refractivity contribution is 5.26. The molecule has 1 aromatic rings. The quantitative estimate of drug-likeness (QED) is 0.825. The first-order valence-corrected chi connectivity index (χ1v) is 5.80. The maximum absolute atomic E-state index is 13.4. The van der Waals surface area contributed by atoms with Crippen molar-refractivity contribution in [3.05, 3.63) is 35.1 Å². The molecule has 0 aliphatic carbocycles. The smallest absolute Gasteiger partial charge is 0.126 e. The number of aryl methyl sites for hydroxylation is 1. The summed E-state index contributed by atoms with van der Waals surface area (Å²) in [6.07, 6.45) is 0. The van der Waals surface area contributed by atoms with Crippen molar-refractivity contribution < 1.29 is 4.39 Å². The molecular weight excluding hydrogens is 201 g/mol. The minimum Gasteiger partial charge on any atom is -0.311 e. The van der Waals surface area contributed by atoms with Crippen LogP contribution in [0, 0.1) is 12.7 Å². The summed E-state index contributed by atoms with van der Waals surface area (Å²) >= 11 is 0. The summed E-state index contributed by atoms with van der Waals surface area (Å²) in [5.74, 6) is 0.217. The van der Waals surface area contributed by atoms with E-state index in [9.17, 15) is 4.39 Å². The first-order valence-electron chi connectivity index (χ1n) is 5.80. The van der Waals surface area contributed by atoms with Gasteiger partial charge in [0, 0.05) is 12.1 Å². The molecule has 0 radical (unpaired) electrons. The Labute approximate surface area is 98.1 Å². The van der Waals surface area contributed by atoms with Crippen molar-refractivity contribution in [2.45, 2.75) is 46.1 Å². The Morgan fingerprint density at radius 1 is 1.31 bits per heavy atom. The third kappa shape index (κ3) is 3.93. The van der Waals surface area contributed by atoms with Gasteiger partial charge in [-0.05, 0) is 50.8 Å². The lowest BCUT2D eigenvalue weighted by molar-refractivity contribution is 0.412. The lowest BCUT2D eigenvalue weighted by atomic mass is 9.98. The second-order valence-electron chi connectivity index (χ2n) is 5.54. The molecule has 0 bridgehead atoms. The van der Waals surface area contributed by atoms with Gasteiger partial charge in [-0.3, -0.25) is 0 Å². The summed E-state index contributed by atoms with van der Waals surface area (Å²) in [7, 11) is 0. The Hall–Kier alpha value is -0.890. The summed E-state index contributed by atoms with van der Waals surface area (Å²) in [6, 6.07) is 5.50. The van der Waals surface area contributed by atoms with Crippen LogP contribution in [0.15, 0.2) is 18.2 Å². The van der Waals surface area contributed by atoms with Crippen molar-refractivity contribution in [1.29, 1.82) is 0 Å². The van der Waals surface area contributed by atoms with Crippen molar-refractivity contribution >= 4 is 0 Å². The van der Waals surface area contributed by atoms with Crippen LogP contribution in [0.25, 0.3) is 0 Å². The Balaban J connectivity index is 2.66. The molecule has 1 rings (SSSR count). The van der Waals surface area contributed by atoms with Crippen LogP contribution >= 0.6 is 0 Å². The van der Waals surface area contributed by atoms with Gasteiger partial charge in [0.15, 0.2) is 0 Å². The predicted octanol–water partition coefficient (Wildman–Crippen LogP) is 3.63. The van der Waals surface area contributed by atoms with Crippen LogP contribution in [-0.2, 0) is 0 Å². The van der Waals surface area contributed by atoms with Gasteiger partial charge in [0.25, 0.3) is 0 Å². The zero-order valence-corrected chi connectivity index (χ0v) is 10.9. The molecule has 0 spiro atoms. The van der Waals surface area contributed by atoms with Crippen LogP contribution in [0.3, 0.4) is 0 Å². The third-order valence-electron chi connectivity index (χ3n) is 2.70. The van der Waals surface area contributed by atoms with Gasteiger partial charge < -0.3 is 5.32 Å². The molecule has 1 aromatic carbocycles. The van der Waals surface area contributed by atoms with E-state index in [2.05, 4.69) is 33.0 Å². The molecule has 0 heterocycles. The lowest BCUT2D eigenvalue weighted by Gasteiger charge is -2.23. The predicted molar refractivity (Wildman–Crippen MR) is 67.3 cm³/mol. The molecule has 16 heavy (non-hydrogen) atoms. The second-order valence-corrected chi connectivity index (χ2v) is 5.54. The molecule has 0 aliphatic rings. The number of benzene rings is 1. The highest BCUT2D eigenvalue weighted by Gasteiger charge is 2.13. The van der Waals surface area contributed by atoms with Crippen molar-refractivity contribution in [1.82, 2.24) is 5.32 Å². The van der Waals surface area contributed by atoms with Crippen LogP contribution in [0.2, 0.25) is 0 Å². The van der Waals surface area contributed by atoms with E-state index in [1.807, 2.05) is 12.1 Å². The standard InChI is InChI=1S/C14H22FN/c1-10-6-7-12(8-13(10)15)11(2)9-16-14(3,4)5/h6-8,11,16H,9H2,1-5H3. The molecule has 2 heteroatoms. The van der Waals surface area contributed by atoms with E-state index in [0.29, 0.717) is 11.5 Å². The van der Waals surface area contributed by atoms with Crippen molar-refractivity contribution in [3.63, 3.8) is 0 Å². The van der Waals surface area contributed by atoms with Crippen LogP contribution in [0.1, 0.15) is 44.7 Å². The molecular formula is C14H22FN. The van der Waals surface area contributed by atoms with E-state index in [0.717, 1.165) is 12.1 Å². The zero-order chi connectivity index (χ0) is 12.3. The molecule has 0 saturated heterocycles. The summed E-state index contributed by atoms with van der Waals surface area (Å²) < 4.78 is 13.4. The van der Waals surface area contributed by atoms with Gasteiger partial charge in [-0.15, -0.1) is 0 Å². The fourth-order valence-electron chi connectivity index (χ4n) is 1.49. The number of nitrogens with one attached hydrogen (secondary N) is 1. The van der Waals surface area contributed by atoms with E-state index in [1.54, 1.807) is 13.0 Å². The van der Waals surface area contributed by atoms with Crippen molar-refractivity contribution in [3.8, 4) is 0 Å². The average Bonchev–Trinajstić information content (AvgIpc) is 2.17. The molecule has 1 atom stereocenters. The van der Waals surface area contributed by atoms with Gasteiger partial charge in [-0.2, -0.15) is 0 Å². The molecule has 1 nitrogen and oxygen atoms in total. The van der Waals surface area contributed by atoms with Gasteiger partial charge in [-0.1, -0.05) is 19.1 Å². The molecule has 1 unspecified atom stereocenters. The lowest BCUT2D eigenvalue weighted by Crippen LogP contribution is -2.38. The molecule has 90 valence electrons. The normalized spacial score (nSPS) is 13.9. The van der Waals surface area contributed by atoms with Gasteiger partial charge in [0.2, 0.25) is 0 Å². The van der Waals surface area contributed by atoms with Crippen LogP contribution < -0.4 is 5.32 Å². The molecule has 0 fully saturated rings. The van der Waals surface area contributed by atoms with E-state index >= 15 is 0 Å². The first-order chi connectivity index (χ1) is 7.29. The zero-order valence-electron chi connectivity index (χ0n) is 10.9. The Morgan fingerprint density at radius 3 is 2.44 bits per heavy atom. The number of rotatable bonds is 3. The largest absolute Gasteiger partial charge is 0.311 e. The molecule has 0 saturated carbocycles. The van der Waals surface area contributed by atoms with Crippen molar-refractivity contribution in [2.24, 2.45) is 0 Å². The van der Waals surface area contributed by atoms with Crippen LogP contribution in [0.5, 0.6) is 0 Å². The maximum Gasteiger partial charge on any atom is 0.126 e. The fourth-order valence-corrected chi connectivity index (χ4v) is 1.49. The van der Waals surface area contributed by atoms with Crippen LogP contribution in [-0.4, -0.2) is 12.1 Å². The van der Waals surface area contributed by atoms with Gasteiger partial charge in [-0.25, -0.2) is 4.39 Å². The molecule has 0 aromatic heterocycles. The summed E-state index contributed by atoms with van der Waals surface area (Å²) in [4.78, 5) is 0. The minimum absolute atomic E-state index is 0.109. The highest BCUT2D eigenvalue weighted by atomic mass is 19.1. The maximum atomic E-state index is 13.4. The molecule has 1 N–H and O–H groups in total. The summed E-state index contributed by atoms with van der Waals surface area (Å²) in [5, 5.41) is 3.43. The van der Waals surface area contributed by atoms with Gasteiger partial charge >= 0.3 is 0 Å². The van der Waals surface area contributed by atoms with E-state index in [1.165, 1.54) is 0 Å². The van der Waals surface area contributed by atoms with Crippen LogP contribution in [0.4, 0.5) is 4.39 Å². The first kappa shape index (κ1) is 13.2. The summed E-state index contributed by atoms with van der Waals surface area (Å²) in [6.45, 7) is 11.2. The number of hydrogen-bond acceptors (Lipinski definition) is 1. The molecule has 0 aliphatic heterocycles. The average molecular weight is 223 g/mol. The van der Waals surface area contributed by atoms with E-state index < -0.39 is 0 Å². The van der Waals surface area contributed by atoms with Gasteiger partial charge in [0.05, 0.1) is 0 Å².